The Balaban J connectivity index is 3.78. The van der Waals surface area contributed by atoms with Crippen LogP contribution < -0.4 is 5.73 Å². The lowest BCUT2D eigenvalue weighted by Gasteiger charge is -2.22. The first-order chi connectivity index (χ1) is 5.61. The third-order valence-corrected chi connectivity index (χ3v) is 3.12. The predicted molar refractivity (Wildman–Crippen MR) is 56.5 cm³/mol. The van der Waals surface area contributed by atoms with E-state index >= 15 is 0 Å². The predicted octanol–water partition coefficient (Wildman–Crippen LogP) is 1.62. The molecule has 2 unspecified atom stereocenters. The van der Waals surface area contributed by atoms with Crippen LogP contribution >= 0.6 is 11.8 Å². The highest BCUT2D eigenvalue weighted by Gasteiger charge is 2.17. The van der Waals surface area contributed by atoms with Crippen molar-refractivity contribution in [2.75, 3.05) is 6.61 Å². The van der Waals surface area contributed by atoms with E-state index < -0.39 is 0 Å². The highest BCUT2D eigenvalue weighted by molar-refractivity contribution is 8.00. The van der Waals surface area contributed by atoms with Crippen LogP contribution in [0.2, 0.25) is 0 Å². The molecule has 0 saturated carbocycles. The number of hydrogen-bond acceptors (Lipinski definition) is 3. The molecule has 0 heterocycles. The zero-order valence-electron chi connectivity index (χ0n) is 8.29. The van der Waals surface area contributed by atoms with Gasteiger partial charge in [-0.1, -0.05) is 27.2 Å². The van der Waals surface area contributed by atoms with E-state index in [0.717, 1.165) is 12.8 Å². The average Bonchev–Trinajstić information content (AvgIpc) is 2.00. The fourth-order valence-corrected chi connectivity index (χ4v) is 2.27. The van der Waals surface area contributed by atoms with E-state index in [-0.39, 0.29) is 17.9 Å². The zero-order valence-corrected chi connectivity index (χ0v) is 9.10. The maximum Gasteiger partial charge on any atom is 0.0565 e. The highest BCUT2D eigenvalue weighted by atomic mass is 32.2. The maximum atomic E-state index is 9.07. The summed E-state index contributed by atoms with van der Waals surface area (Å²) in [5, 5.41) is 9.83. The first-order valence-electron chi connectivity index (χ1n) is 4.63. The van der Waals surface area contributed by atoms with E-state index in [2.05, 4.69) is 20.8 Å². The minimum absolute atomic E-state index is 0.146. The fourth-order valence-electron chi connectivity index (χ4n) is 1.15. The molecule has 0 aliphatic rings. The van der Waals surface area contributed by atoms with Crippen molar-refractivity contribution in [3.05, 3.63) is 0 Å². The van der Waals surface area contributed by atoms with E-state index in [1.54, 1.807) is 11.8 Å². The molecule has 74 valence electrons. The Kier molecular flexibility index (Phi) is 6.90. The molecule has 0 aromatic heterocycles. The van der Waals surface area contributed by atoms with E-state index in [9.17, 15) is 0 Å². The molecule has 0 aromatic rings. The first-order valence-corrected chi connectivity index (χ1v) is 5.58. The van der Waals surface area contributed by atoms with Gasteiger partial charge in [0.05, 0.1) is 6.61 Å². The standard InChI is InChI=1S/C9H21NOS/c1-4-5-8(10)9(6-11)12-7(2)3/h7-9,11H,4-6,10H2,1-3H3. The van der Waals surface area contributed by atoms with Crippen LogP contribution in [-0.2, 0) is 0 Å². The second kappa shape index (κ2) is 6.75. The Morgan fingerprint density at radius 1 is 1.42 bits per heavy atom. The topological polar surface area (TPSA) is 46.2 Å². The van der Waals surface area contributed by atoms with Crippen LogP contribution in [0.15, 0.2) is 0 Å². The van der Waals surface area contributed by atoms with Crippen LogP contribution in [-0.4, -0.2) is 28.3 Å². The summed E-state index contributed by atoms with van der Waals surface area (Å²) in [4.78, 5) is 0. The molecule has 12 heavy (non-hydrogen) atoms. The average molecular weight is 191 g/mol. The summed E-state index contributed by atoms with van der Waals surface area (Å²) in [6.07, 6.45) is 2.10. The molecule has 0 aliphatic heterocycles. The monoisotopic (exact) mass is 191 g/mol. The Hall–Kier alpha value is 0.270. The van der Waals surface area contributed by atoms with E-state index in [1.807, 2.05) is 0 Å². The zero-order chi connectivity index (χ0) is 9.56. The van der Waals surface area contributed by atoms with Gasteiger partial charge in [0.15, 0.2) is 0 Å². The summed E-state index contributed by atoms with van der Waals surface area (Å²) in [5.74, 6) is 0. The molecule has 2 atom stereocenters. The van der Waals surface area contributed by atoms with E-state index in [1.165, 1.54) is 0 Å². The second-order valence-electron chi connectivity index (χ2n) is 3.36. The molecule has 0 radical (unpaired) electrons. The molecule has 3 N–H and O–H groups in total. The normalized spacial score (nSPS) is 16.5. The van der Waals surface area contributed by atoms with E-state index in [0.29, 0.717) is 5.25 Å². The molecule has 0 aliphatic carbocycles. The highest BCUT2D eigenvalue weighted by Crippen LogP contribution is 2.20. The minimum atomic E-state index is 0.146. The number of nitrogens with two attached hydrogens (primary N) is 1. The quantitative estimate of drug-likeness (QED) is 0.670. The second-order valence-corrected chi connectivity index (χ2v) is 5.18. The van der Waals surface area contributed by atoms with Crippen molar-refractivity contribution < 1.29 is 5.11 Å². The smallest absolute Gasteiger partial charge is 0.0565 e. The molecule has 0 spiro atoms. The molecule has 0 bridgehead atoms. The first kappa shape index (κ1) is 12.3. The SMILES string of the molecule is CCCC(N)C(CO)SC(C)C. The van der Waals surface area contributed by atoms with Crippen molar-refractivity contribution in [2.45, 2.75) is 50.2 Å². The molecular weight excluding hydrogens is 170 g/mol. The van der Waals surface area contributed by atoms with Gasteiger partial charge in [-0.05, 0) is 11.7 Å². The molecule has 3 heteroatoms. The van der Waals surface area contributed by atoms with Gasteiger partial charge < -0.3 is 10.8 Å². The van der Waals surface area contributed by atoms with Gasteiger partial charge in [0, 0.05) is 11.3 Å². The van der Waals surface area contributed by atoms with Crippen LogP contribution in [0, 0.1) is 0 Å². The third kappa shape index (κ3) is 5.01. The fraction of sp³-hybridized carbons (Fsp3) is 1.00. The van der Waals surface area contributed by atoms with Gasteiger partial charge in [0.1, 0.15) is 0 Å². The molecule has 0 amide bonds. The van der Waals surface area contributed by atoms with Crippen molar-refractivity contribution in [3.63, 3.8) is 0 Å². The van der Waals surface area contributed by atoms with Gasteiger partial charge >= 0.3 is 0 Å². The number of aliphatic hydroxyl groups is 1. The van der Waals surface area contributed by atoms with Crippen molar-refractivity contribution in [2.24, 2.45) is 5.73 Å². The van der Waals surface area contributed by atoms with Crippen molar-refractivity contribution in [1.29, 1.82) is 0 Å². The van der Waals surface area contributed by atoms with E-state index in [4.69, 9.17) is 10.8 Å². The van der Waals surface area contributed by atoms with Gasteiger partial charge in [-0.15, -0.1) is 0 Å². The largest absolute Gasteiger partial charge is 0.395 e. The minimum Gasteiger partial charge on any atom is -0.395 e. The third-order valence-electron chi connectivity index (χ3n) is 1.73. The van der Waals surface area contributed by atoms with Crippen LogP contribution in [0.1, 0.15) is 33.6 Å². The molecule has 2 nitrogen and oxygen atoms in total. The summed E-state index contributed by atoms with van der Waals surface area (Å²) in [6.45, 7) is 6.58. The lowest BCUT2D eigenvalue weighted by Crippen LogP contribution is -2.35. The molecule has 0 rings (SSSR count). The van der Waals surface area contributed by atoms with Gasteiger partial charge in [0.2, 0.25) is 0 Å². The molecule has 0 saturated heterocycles. The number of thioether (sulfide) groups is 1. The van der Waals surface area contributed by atoms with Crippen LogP contribution in [0.5, 0.6) is 0 Å². The summed E-state index contributed by atoms with van der Waals surface area (Å²) >= 11 is 1.77. The van der Waals surface area contributed by atoms with Crippen molar-refractivity contribution >= 4 is 11.8 Å². The van der Waals surface area contributed by atoms with Crippen LogP contribution in [0.25, 0.3) is 0 Å². The lowest BCUT2D eigenvalue weighted by atomic mass is 10.1. The lowest BCUT2D eigenvalue weighted by molar-refractivity contribution is 0.279. The Bertz CT molecular complexity index is 109. The Morgan fingerprint density at radius 3 is 2.33 bits per heavy atom. The molecule has 0 fully saturated rings. The van der Waals surface area contributed by atoms with Crippen molar-refractivity contribution in [1.82, 2.24) is 0 Å². The van der Waals surface area contributed by atoms with Gasteiger partial charge in [-0.3, -0.25) is 0 Å². The van der Waals surface area contributed by atoms with Gasteiger partial charge in [0.25, 0.3) is 0 Å². The van der Waals surface area contributed by atoms with Crippen LogP contribution in [0.4, 0.5) is 0 Å². The summed E-state index contributed by atoms with van der Waals surface area (Å²) < 4.78 is 0. The van der Waals surface area contributed by atoms with Gasteiger partial charge in [-0.25, -0.2) is 0 Å². The summed E-state index contributed by atoms with van der Waals surface area (Å²) in [5.41, 5.74) is 5.91. The van der Waals surface area contributed by atoms with Gasteiger partial charge in [-0.2, -0.15) is 11.8 Å². The number of hydrogen-bond donors (Lipinski definition) is 2. The molecular formula is C9H21NOS. The van der Waals surface area contributed by atoms with Crippen LogP contribution in [0.3, 0.4) is 0 Å². The Labute approximate surface area is 79.9 Å². The summed E-state index contributed by atoms with van der Waals surface area (Å²) in [7, 11) is 0. The van der Waals surface area contributed by atoms with Crippen molar-refractivity contribution in [3.8, 4) is 0 Å². The maximum absolute atomic E-state index is 9.07. The number of rotatable bonds is 6. The summed E-state index contributed by atoms with van der Waals surface area (Å²) in [6, 6.07) is 0.146. The molecule has 0 aromatic carbocycles. The number of aliphatic hydroxyl groups excluding tert-OH is 1. The Morgan fingerprint density at radius 2 is 2.00 bits per heavy atom.